The number of aromatic nitrogens is 2. The summed E-state index contributed by atoms with van der Waals surface area (Å²) in [4.78, 5) is 7.94. The van der Waals surface area contributed by atoms with Crippen LogP contribution >= 0.6 is 11.6 Å². The summed E-state index contributed by atoms with van der Waals surface area (Å²) >= 11 is 5.89. The Morgan fingerprint density at radius 3 is 3.00 bits per heavy atom. The molecule has 1 rings (SSSR count). The molecule has 0 aliphatic rings. The van der Waals surface area contributed by atoms with Gasteiger partial charge in [-0.2, -0.15) is 4.98 Å². The fraction of sp³-hybridized carbons (Fsp3) is 0.556. The summed E-state index contributed by atoms with van der Waals surface area (Å²) in [6.07, 6.45) is 2.35. The quantitative estimate of drug-likeness (QED) is 0.798. The molecule has 1 aromatic rings. The predicted molar refractivity (Wildman–Crippen MR) is 60.4 cm³/mol. The molecule has 5 nitrogen and oxygen atoms in total. The fourth-order valence-electron chi connectivity index (χ4n) is 0.992. The van der Waals surface area contributed by atoms with E-state index in [9.17, 15) is 0 Å². The second-order valence-electron chi connectivity index (χ2n) is 3.25. The lowest BCUT2D eigenvalue weighted by atomic mass is 10.2. The Hall–Kier alpha value is -1.07. The van der Waals surface area contributed by atoms with Gasteiger partial charge in [0.05, 0.1) is 13.3 Å². The third-order valence-corrected chi connectivity index (χ3v) is 2.07. The largest absolute Gasteiger partial charge is 0.467 e. The number of nitrogens with one attached hydrogen (secondary N) is 1. The maximum Gasteiger partial charge on any atom is 0.318 e. The minimum Gasteiger partial charge on any atom is -0.467 e. The van der Waals surface area contributed by atoms with Crippen molar-refractivity contribution in [2.24, 2.45) is 5.73 Å². The van der Waals surface area contributed by atoms with Gasteiger partial charge in [-0.15, -0.1) is 0 Å². The molecule has 1 unspecified atom stereocenters. The highest BCUT2D eigenvalue weighted by Crippen LogP contribution is 2.19. The summed E-state index contributed by atoms with van der Waals surface area (Å²) < 4.78 is 4.89. The van der Waals surface area contributed by atoms with Crippen molar-refractivity contribution in [3.63, 3.8) is 0 Å². The van der Waals surface area contributed by atoms with Crippen LogP contribution < -0.4 is 15.8 Å². The molecular weight excluding hydrogens is 216 g/mol. The molecule has 0 saturated heterocycles. The average molecular weight is 231 g/mol. The highest BCUT2D eigenvalue weighted by atomic mass is 35.5. The van der Waals surface area contributed by atoms with Gasteiger partial charge in [0.2, 0.25) is 0 Å². The molecule has 0 fully saturated rings. The Morgan fingerprint density at radius 1 is 1.67 bits per heavy atom. The number of hydrogen-bond acceptors (Lipinski definition) is 5. The second kappa shape index (κ2) is 5.72. The van der Waals surface area contributed by atoms with Crippen LogP contribution in [0.4, 0.5) is 5.82 Å². The van der Waals surface area contributed by atoms with Crippen molar-refractivity contribution in [3.05, 3.63) is 11.2 Å². The fourth-order valence-corrected chi connectivity index (χ4v) is 1.15. The number of nitrogens with zero attached hydrogens (tertiary/aromatic N) is 2. The van der Waals surface area contributed by atoms with Crippen LogP contribution in [-0.4, -0.2) is 29.7 Å². The van der Waals surface area contributed by atoms with Crippen LogP contribution in [0.25, 0.3) is 0 Å². The number of nitrogens with two attached hydrogens (primary N) is 1. The van der Waals surface area contributed by atoms with E-state index < -0.39 is 0 Å². The average Bonchev–Trinajstić information content (AvgIpc) is 2.20. The lowest BCUT2D eigenvalue weighted by Crippen LogP contribution is -2.19. The van der Waals surface area contributed by atoms with Gasteiger partial charge in [-0.05, 0) is 13.3 Å². The van der Waals surface area contributed by atoms with E-state index >= 15 is 0 Å². The van der Waals surface area contributed by atoms with Gasteiger partial charge in [0, 0.05) is 12.6 Å². The lowest BCUT2D eigenvalue weighted by Gasteiger charge is -2.09. The van der Waals surface area contributed by atoms with Crippen molar-refractivity contribution in [2.45, 2.75) is 19.4 Å². The molecule has 1 aromatic heterocycles. The molecule has 0 spiro atoms. The Labute approximate surface area is 94.0 Å². The molecular formula is C9H15ClN4O. The van der Waals surface area contributed by atoms with Gasteiger partial charge in [-0.3, -0.25) is 0 Å². The molecule has 1 heterocycles. The predicted octanol–water partition coefficient (Wildman–Crippen LogP) is 1.29. The Bertz CT molecular complexity index is 319. The molecule has 0 saturated carbocycles. The second-order valence-corrected chi connectivity index (χ2v) is 3.65. The van der Waals surface area contributed by atoms with Crippen LogP contribution in [0.2, 0.25) is 5.02 Å². The third kappa shape index (κ3) is 3.89. The topological polar surface area (TPSA) is 73.1 Å². The smallest absolute Gasteiger partial charge is 0.318 e. The molecule has 3 N–H and O–H groups in total. The first kappa shape index (κ1) is 12.0. The summed E-state index contributed by atoms with van der Waals surface area (Å²) in [5, 5.41) is 3.55. The zero-order chi connectivity index (χ0) is 11.3. The van der Waals surface area contributed by atoms with Gasteiger partial charge in [-0.1, -0.05) is 11.6 Å². The number of anilines is 1. The number of halogens is 1. The number of hydrogen-bond donors (Lipinski definition) is 2. The Morgan fingerprint density at radius 2 is 2.40 bits per heavy atom. The molecule has 84 valence electrons. The molecule has 0 bridgehead atoms. The minimum absolute atomic E-state index is 0.153. The normalized spacial score (nSPS) is 12.3. The summed E-state index contributed by atoms with van der Waals surface area (Å²) in [6, 6.07) is 0.447. The van der Waals surface area contributed by atoms with Crippen molar-refractivity contribution in [2.75, 3.05) is 19.0 Å². The van der Waals surface area contributed by atoms with E-state index in [2.05, 4.69) is 15.3 Å². The first-order valence-corrected chi connectivity index (χ1v) is 5.07. The van der Waals surface area contributed by atoms with Crippen molar-refractivity contribution < 1.29 is 4.74 Å². The van der Waals surface area contributed by atoms with Crippen LogP contribution in [0.1, 0.15) is 13.3 Å². The van der Waals surface area contributed by atoms with Crippen LogP contribution in [0.3, 0.4) is 0 Å². The van der Waals surface area contributed by atoms with Gasteiger partial charge in [0.25, 0.3) is 0 Å². The van der Waals surface area contributed by atoms with Gasteiger partial charge in [-0.25, -0.2) is 4.98 Å². The molecule has 1 atom stereocenters. The molecule has 0 aliphatic carbocycles. The zero-order valence-electron chi connectivity index (χ0n) is 8.83. The van der Waals surface area contributed by atoms with E-state index in [1.165, 1.54) is 13.3 Å². The molecule has 0 aromatic carbocycles. The van der Waals surface area contributed by atoms with E-state index in [1.54, 1.807) is 0 Å². The van der Waals surface area contributed by atoms with E-state index in [0.29, 0.717) is 16.9 Å². The SMILES string of the molecule is COc1ncc(Cl)c(NCCC(C)N)n1. The highest BCUT2D eigenvalue weighted by molar-refractivity contribution is 6.32. The maximum absolute atomic E-state index is 5.89. The molecule has 0 aliphatic heterocycles. The van der Waals surface area contributed by atoms with Gasteiger partial charge >= 0.3 is 6.01 Å². The van der Waals surface area contributed by atoms with E-state index in [4.69, 9.17) is 22.1 Å². The van der Waals surface area contributed by atoms with Crippen molar-refractivity contribution in [3.8, 4) is 6.01 Å². The standard InChI is InChI=1S/C9H15ClN4O/c1-6(11)3-4-12-8-7(10)5-13-9(14-8)15-2/h5-6H,3-4,11H2,1-2H3,(H,12,13,14). The van der Waals surface area contributed by atoms with Crippen LogP contribution in [-0.2, 0) is 0 Å². The molecule has 15 heavy (non-hydrogen) atoms. The molecule has 6 heteroatoms. The zero-order valence-corrected chi connectivity index (χ0v) is 9.58. The summed E-state index contributed by atoms with van der Waals surface area (Å²) in [5.74, 6) is 0.573. The maximum atomic E-state index is 5.89. The van der Waals surface area contributed by atoms with Gasteiger partial charge in [0.1, 0.15) is 5.02 Å². The van der Waals surface area contributed by atoms with Crippen LogP contribution in [0.5, 0.6) is 6.01 Å². The summed E-state index contributed by atoms with van der Waals surface area (Å²) in [6.45, 7) is 2.67. The molecule has 0 radical (unpaired) electrons. The number of rotatable bonds is 5. The van der Waals surface area contributed by atoms with E-state index in [-0.39, 0.29) is 6.04 Å². The Kier molecular flexibility index (Phi) is 4.58. The number of ether oxygens (including phenoxy) is 1. The summed E-state index contributed by atoms with van der Waals surface area (Å²) in [7, 11) is 1.51. The van der Waals surface area contributed by atoms with Gasteiger partial charge in [0.15, 0.2) is 5.82 Å². The first-order chi connectivity index (χ1) is 7.13. The minimum atomic E-state index is 0.153. The monoisotopic (exact) mass is 230 g/mol. The Balaban J connectivity index is 2.59. The number of methoxy groups -OCH3 is 1. The van der Waals surface area contributed by atoms with Gasteiger partial charge < -0.3 is 15.8 Å². The third-order valence-electron chi connectivity index (χ3n) is 1.80. The van der Waals surface area contributed by atoms with Crippen LogP contribution in [0, 0.1) is 0 Å². The van der Waals surface area contributed by atoms with E-state index in [1.807, 2.05) is 6.92 Å². The first-order valence-electron chi connectivity index (χ1n) is 4.69. The van der Waals surface area contributed by atoms with Crippen molar-refractivity contribution in [1.29, 1.82) is 0 Å². The van der Waals surface area contributed by atoms with Crippen molar-refractivity contribution in [1.82, 2.24) is 9.97 Å². The summed E-state index contributed by atoms with van der Waals surface area (Å²) in [5.41, 5.74) is 5.62. The van der Waals surface area contributed by atoms with E-state index in [0.717, 1.165) is 13.0 Å². The van der Waals surface area contributed by atoms with Crippen molar-refractivity contribution >= 4 is 17.4 Å². The lowest BCUT2D eigenvalue weighted by molar-refractivity contribution is 0.380. The molecule has 0 amide bonds. The highest BCUT2D eigenvalue weighted by Gasteiger charge is 2.05. The van der Waals surface area contributed by atoms with Crippen LogP contribution in [0.15, 0.2) is 6.20 Å².